The Hall–Kier alpha value is -1.88. The fourth-order valence-electron chi connectivity index (χ4n) is 2.24. The summed E-state index contributed by atoms with van der Waals surface area (Å²) in [5.41, 5.74) is 0.708. The topological polar surface area (TPSA) is 57.7 Å². The number of likely N-dealkylation sites (N-methyl/N-ethyl adjacent to an activating group) is 1. The standard InChI is InChI=1S/C14H15ClN2O3/c1-3-16(4-2)12(18)8-17-11-6-5-9(15)7-10(11)13(19)14(17)20/h5-7H,3-4,8H2,1-2H3. The summed E-state index contributed by atoms with van der Waals surface area (Å²) in [6.45, 7) is 4.75. The Kier molecular flexibility index (Phi) is 4.09. The molecule has 5 nitrogen and oxygen atoms in total. The van der Waals surface area contributed by atoms with Gasteiger partial charge in [0, 0.05) is 18.1 Å². The molecule has 106 valence electrons. The lowest BCUT2D eigenvalue weighted by atomic mass is 10.1. The van der Waals surface area contributed by atoms with Gasteiger partial charge in [0.1, 0.15) is 6.54 Å². The van der Waals surface area contributed by atoms with Crippen molar-refractivity contribution in [3.8, 4) is 0 Å². The number of carbonyl (C=O) groups excluding carboxylic acids is 3. The van der Waals surface area contributed by atoms with Gasteiger partial charge in [-0.1, -0.05) is 11.6 Å². The number of rotatable bonds is 4. The number of fused-ring (bicyclic) bond motifs is 1. The normalized spacial score (nSPS) is 13.7. The van der Waals surface area contributed by atoms with Gasteiger partial charge in [-0.3, -0.25) is 19.3 Å². The number of carbonyl (C=O) groups is 3. The van der Waals surface area contributed by atoms with Crippen LogP contribution in [-0.4, -0.2) is 42.1 Å². The summed E-state index contributed by atoms with van der Waals surface area (Å²) in [6, 6.07) is 4.65. The molecule has 0 saturated carbocycles. The Bertz CT molecular complexity index is 582. The fourth-order valence-corrected chi connectivity index (χ4v) is 2.41. The van der Waals surface area contributed by atoms with Crippen molar-refractivity contribution in [1.82, 2.24) is 4.90 Å². The lowest BCUT2D eigenvalue weighted by Gasteiger charge is -2.22. The highest BCUT2D eigenvalue weighted by Crippen LogP contribution is 2.31. The zero-order valence-corrected chi connectivity index (χ0v) is 12.1. The molecule has 0 atom stereocenters. The number of benzene rings is 1. The second kappa shape index (κ2) is 5.63. The molecule has 0 unspecified atom stereocenters. The molecule has 0 aromatic heterocycles. The highest BCUT2D eigenvalue weighted by molar-refractivity contribution is 6.53. The number of hydrogen-bond acceptors (Lipinski definition) is 3. The molecule has 6 heteroatoms. The third-order valence-corrected chi connectivity index (χ3v) is 3.58. The lowest BCUT2D eigenvalue weighted by molar-refractivity contribution is -0.130. The first-order valence-electron chi connectivity index (χ1n) is 6.43. The molecule has 0 spiro atoms. The van der Waals surface area contributed by atoms with Crippen molar-refractivity contribution in [3.05, 3.63) is 28.8 Å². The van der Waals surface area contributed by atoms with E-state index < -0.39 is 11.7 Å². The van der Waals surface area contributed by atoms with Gasteiger partial charge in [-0.05, 0) is 32.0 Å². The number of nitrogens with zero attached hydrogens (tertiary/aromatic N) is 2. The summed E-state index contributed by atoms with van der Waals surface area (Å²) in [7, 11) is 0. The van der Waals surface area contributed by atoms with Crippen LogP contribution in [0.15, 0.2) is 18.2 Å². The average Bonchev–Trinajstić information content (AvgIpc) is 2.65. The van der Waals surface area contributed by atoms with E-state index in [1.54, 1.807) is 17.0 Å². The maximum atomic E-state index is 12.1. The van der Waals surface area contributed by atoms with Crippen molar-refractivity contribution in [3.63, 3.8) is 0 Å². The highest BCUT2D eigenvalue weighted by atomic mass is 35.5. The minimum absolute atomic E-state index is 0.124. The molecule has 0 aliphatic carbocycles. The van der Waals surface area contributed by atoms with Crippen LogP contribution in [0.4, 0.5) is 5.69 Å². The second-order valence-electron chi connectivity index (χ2n) is 4.45. The molecule has 0 radical (unpaired) electrons. The van der Waals surface area contributed by atoms with Crippen molar-refractivity contribution >= 4 is 34.9 Å². The number of halogens is 1. The van der Waals surface area contributed by atoms with Gasteiger partial charge in [0.05, 0.1) is 11.3 Å². The summed E-state index contributed by atoms with van der Waals surface area (Å²) >= 11 is 5.83. The van der Waals surface area contributed by atoms with Gasteiger partial charge in [0.15, 0.2) is 0 Å². The molecule has 0 fully saturated rings. The van der Waals surface area contributed by atoms with Gasteiger partial charge in [0.25, 0.3) is 11.7 Å². The van der Waals surface area contributed by atoms with E-state index >= 15 is 0 Å². The molecule has 1 aromatic carbocycles. The number of ketones is 1. The molecule has 2 amide bonds. The molecule has 2 rings (SSSR count). The number of anilines is 1. The first-order chi connectivity index (χ1) is 9.49. The van der Waals surface area contributed by atoms with E-state index in [1.807, 2.05) is 13.8 Å². The minimum atomic E-state index is -0.678. The van der Waals surface area contributed by atoms with Crippen LogP contribution in [0.5, 0.6) is 0 Å². The van der Waals surface area contributed by atoms with Crippen molar-refractivity contribution < 1.29 is 14.4 Å². The Balaban J connectivity index is 2.28. The van der Waals surface area contributed by atoms with E-state index in [0.717, 1.165) is 0 Å². The molecule has 0 saturated heterocycles. The first-order valence-corrected chi connectivity index (χ1v) is 6.80. The predicted molar refractivity (Wildman–Crippen MR) is 76.1 cm³/mol. The molecule has 1 aliphatic rings. The molecule has 1 heterocycles. The summed E-state index contributed by atoms with van der Waals surface area (Å²) in [6.07, 6.45) is 0. The van der Waals surface area contributed by atoms with Crippen LogP contribution in [0.2, 0.25) is 5.02 Å². The van der Waals surface area contributed by atoms with Gasteiger partial charge in [-0.15, -0.1) is 0 Å². The average molecular weight is 295 g/mol. The summed E-state index contributed by atoms with van der Waals surface area (Å²) in [5, 5.41) is 0.391. The highest BCUT2D eigenvalue weighted by Gasteiger charge is 2.37. The SMILES string of the molecule is CCN(CC)C(=O)CN1C(=O)C(=O)c2cc(Cl)ccc21. The minimum Gasteiger partial charge on any atom is -0.342 e. The van der Waals surface area contributed by atoms with Crippen molar-refractivity contribution in [2.24, 2.45) is 0 Å². The van der Waals surface area contributed by atoms with E-state index in [1.165, 1.54) is 11.0 Å². The van der Waals surface area contributed by atoms with Crippen LogP contribution in [-0.2, 0) is 9.59 Å². The molecule has 0 N–H and O–H groups in total. The molecule has 0 bridgehead atoms. The van der Waals surface area contributed by atoms with Gasteiger partial charge in [-0.2, -0.15) is 0 Å². The maximum absolute atomic E-state index is 12.1. The fraction of sp³-hybridized carbons (Fsp3) is 0.357. The third-order valence-electron chi connectivity index (χ3n) is 3.34. The Morgan fingerprint density at radius 1 is 1.25 bits per heavy atom. The maximum Gasteiger partial charge on any atom is 0.299 e. The number of Topliss-reactive ketones (excluding diaryl/α,β-unsaturated/α-hetero) is 1. The summed E-state index contributed by atoms with van der Waals surface area (Å²) in [5.74, 6) is -1.48. The lowest BCUT2D eigenvalue weighted by Crippen LogP contribution is -2.42. The van der Waals surface area contributed by atoms with Crippen LogP contribution in [0.25, 0.3) is 0 Å². The quantitative estimate of drug-likeness (QED) is 0.795. The Labute approximate surface area is 122 Å². The molecule has 1 aromatic rings. The molecular formula is C14H15ClN2O3. The largest absolute Gasteiger partial charge is 0.342 e. The molecule has 20 heavy (non-hydrogen) atoms. The van der Waals surface area contributed by atoms with Gasteiger partial charge >= 0.3 is 0 Å². The third kappa shape index (κ3) is 2.41. The van der Waals surface area contributed by atoms with Gasteiger partial charge in [-0.25, -0.2) is 0 Å². The molecule has 1 aliphatic heterocycles. The van der Waals surface area contributed by atoms with Gasteiger partial charge < -0.3 is 4.90 Å². The monoisotopic (exact) mass is 294 g/mol. The second-order valence-corrected chi connectivity index (χ2v) is 4.88. The summed E-state index contributed by atoms with van der Waals surface area (Å²) in [4.78, 5) is 38.8. The van der Waals surface area contributed by atoms with Crippen molar-refractivity contribution in [2.75, 3.05) is 24.5 Å². The predicted octanol–water partition coefficient (Wildman–Crippen LogP) is 1.74. The molecular weight excluding hydrogens is 280 g/mol. The number of hydrogen-bond donors (Lipinski definition) is 0. The van der Waals surface area contributed by atoms with Crippen molar-refractivity contribution in [1.29, 1.82) is 0 Å². The van der Waals surface area contributed by atoms with E-state index in [0.29, 0.717) is 23.8 Å². The Morgan fingerprint density at radius 3 is 2.50 bits per heavy atom. The van der Waals surface area contributed by atoms with Crippen LogP contribution in [0.1, 0.15) is 24.2 Å². The van der Waals surface area contributed by atoms with Crippen LogP contribution in [0.3, 0.4) is 0 Å². The van der Waals surface area contributed by atoms with Crippen LogP contribution >= 0.6 is 11.6 Å². The van der Waals surface area contributed by atoms with E-state index in [9.17, 15) is 14.4 Å². The Morgan fingerprint density at radius 2 is 1.90 bits per heavy atom. The first kappa shape index (κ1) is 14.5. The van der Waals surface area contributed by atoms with Gasteiger partial charge in [0.2, 0.25) is 5.91 Å². The van der Waals surface area contributed by atoms with E-state index in [-0.39, 0.29) is 18.0 Å². The summed E-state index contributed by atoms with van der Waals surface area (Å²) < 4.78 is 0. The van der Waals surface area contributed by atoms with Crippen LogP contribution in [0, 0.1) is 0 Å². The van der Waals surface area contributed by atoms with Crippen molar-refractivity contribution in [2.45, 2.75) is 13.8 Å². The number of amides is 2. The zero-order valence-electron chi connectivity index (χ0n) is 11.4. The zero-order chi connectivity index (χ0) is 14.9. The van der Waals surface area contributed by atoms with E-state index in [4.69, 9.17) is 11.6 Å². The smallest absolute Gasteiger partial charge is 0.299 e. The van der Waals surface area contributed by atoms with Crippen LogP contribution < -0.4 is 4.90 Å². The van der Waals surface area contributed by atoms with E-state index in [2.05, 4.69) is 0 Å².